The SMILES string of the molecule is COCCN(C)CC(C)(C)[N+](=O)[O-]. The van der Waals surface area contributed by atoms with Gasteiger partial charge in [-0.1, -0.05) is 0 Å². The van der Waals surface area contributed by atoms with Gasteiger partial charge in [0.25, 0.3) is 0 Å². The first kappa shape index (κ1) is 12.3. The molecule has 13 heavy (non-hydrogen) atoms. The van der Waals surface area contributed by atoms with Crippen molar-refractivity contribution < 1.29 is 9.66 Å². The Hall–Kier alpha value is -0.680. The summed E-state index contributed by atoms with van der Waals surface area (Å²) < 4.78 is 4.88. The number of ether oxygens (including phenoxy) is 1. The lowest BCUT2D eigenvalue weighted by Gasteiger charge is -2.22. The Bertz CT molecular complexity index is 171. The molecule has 5 nitrogen and oxygen atoms in total. The van der Waals surface area contributed by atoms with Gasteiger partial charge in [0.15, 0.2) is 0 Å². The Kier molecular flexibility index (Phi) is 4.87. The molecule has 0 bridgehead atoms. The third kappa shape index (κ3) is 4.80. The van der Waals surface area contributed by atoms with Crippen LogP contribution in [0.3, 0.4) is 0 Å². The van der Waals surface area contributed by atoms with Crippen molar-refractivity contribution in [3.8, 4) is 0 Å². The molecule has 0 spiro atoms. The van der Waals surface area contributed by atoms with E-state index in [0.717, 1.165) is 0 Å². The molecule has 0 aliphatic rings. The minimum absolute atomic E-state index is 0.254. The lowest BCUT2D eigenvalue weighted by Crippen LogP contribution is -2.43. The Labute approximate surface area is 78.8 Å². The normalized spacial score (nSPS) is 12.1. The molecule has 0 rings (SSSR count). The highest BCUT2D eigenvalue weighted by molar-refractivity contribution is 4.71. The van der Waals surface area contributed by atoms with Crippen LogP contribution < -0.4 is 0 Å². The Morgan fingerprint density at radius 3 is 2.46 bits per heavy atom. The summed E-state index contributed by atoms with van der Waals surface area (Å²) in [7, 11) is 3.47. The zero-order chi connectivity index (χ0) is 10.5. The van der Waals surface area contributed by atoms with Crippen molar-refractivity contribution in [2.75, 3.05) is 33.9 Å². The van der Waals surface area contributed by atoms with E-state index in [1.54, 1.807) is 21.0 Å². The van der Waals surface area contributed by atoms with E-state index >= 15 is 0 Å². The molecule has 0 fully saturated rings. The molecular weight excluding hydrogens is 172 g/mol. The van der Waals surface area contributed by atoms with E-state index in [1.807, 2.05) is 11.9 Å². The number of hydrogen-bond donors (Lipinski definition) is 0. The average molecular weight is 190 g/mol. The first-order valence-corrected chi connectivity index (χ1v) is 4.22. The van der Waals surface area contributed by atoms with Crippen LogP contribution in [0.5, 0.6) is 0 Å². The molecule has 0 heterocycles. The van der Waals surface area contributed by atoms with Gasteiger partial charge in [-0.25, -0.2) is 0 Å². The summed E-state index contributed by atoms with van der Waals surface area (Å²) in [5.41, 5.74) is -0.886. The second-order valence-electron chi connectivity index (χ2n) is 3.80. The summed E-state index contributed by atoms with van der Waals surface area (Å²) in [6.07, 6.45) is 0. The summed E-state index contributed by atoms with van der Waals surface area (Å²) in [5, 5.41) is 10.6. The van der Waals surface area contributed by atoms with Crippen LogP contribution >= 0.6 is 0 Å². The van der Waals surface area contributed by atoms with E-state index in [4.69, 9.17) is 4.74 Å². The summed E-state index contributed by atoms with van der Waals surface area (Å²) in [6.45, 7) is 4.99. The molecule has 0 amide bonds. The predicted molar refractivity (Wildman–Crippen MR) is 50.4 cm³/mol. The van der Waals surface area contributed by atoms with Gasteiger partial charge in [-0.3, -0.25) is 15.0 Å². The van der Waals surface area contributed by atoms with E-state index in [0.29, 0.717) is 19.7 Å². The average Bonchev–Trinajstić information content (AvgIpc) is 1.99. The van der Waals surface area contributed by atoms with Gasteiger partial charge in [0.05, 0.1) is 13.2 Å². The summed E-state index contributed by atoms with van der Waals surface area (Å²) >= 11 is 0. The molecule has 0 unspecified atom stereocenters. The second-order valence-corrected chi connectivity index (χ2v) is 3.80. The molecule has 0 atom stereocenters. The maximum absolute atomic E-state index is 10.6. The number of methoxy groups -OCH3 is 1. The van der Waals surface area contributed by atoms with Crippen molar-refractivity contribution in [1.29, 1.82) is 0 Å². The van der Waals surface area contributed by atoms with Gasteiger partial charge in [-0.15, -0.1) is 0 Å². The minimum Gasteiger partial charge on any atom is -0.383 e. The molecule has 5 heteroatoms. The van der Waals surface area contributed by atoms with Crippen LogP contribution in [0.15, 0.2) is 0 Å². The predicted octanol–water partition coefficient (Wildman–Crippen LogP) is 0.620. The molecule has 0 saturated carbocycles. The van der Waals surface area contributed by atoms with Crippen LogP contribution in [0, 0.1) is 10.1 Å². The fourth-order valence-corrected chi connectivity index (χ4v) is 1.04. The van der Waals surface area contributed by atoms with Gasteiger partial charge >= 0.3 is 0 Å². The Balaban J connectivity index is 3.89. The highest BCUT2D eigenvalue weighted by atomic mass is 16.6. The molecular formula is C8H18N2O3. The standard InChI is InChI=1S/C8H18N2O3/c1-8(2,10(11)12)7-9(3)5-6-13-4/h5-7H2,1-4H3. The molecule has 0 saturated heterocycles. The van der Waals surface area contributed by atoms with Crippen LogP contribution in [0.25, 0.3) is 0 Å². The van der Waals surface area contributed by atoms with Gasteiger partial charge in [0.2, 0.25) is 5.54 Å². The quantitative estimate of drug-likeness (QED) is 0.455. The van der Waals surface area contributed by atoms with E-state index in [9.17, 15) is 10.1 Å². The Morgan fingerprint density at radius 1 is 1.54 bits per heavy atom. The van der Waals surface area contributed by atoms with Crippen LogP contribution in [0.1, 0.15) is 13.8 Å². The number of nitro groups is 1. The third-order valence-corrected chi connectivity index (χ3v) is 1.83. The van der Waals surface area contributed by atoms with Crippen LogP contribution in [0.2, 0.25) is 0 Å². The smallest absolute Gasteiger partial charge is 0.229 e. The van der Waals surface area contributed by atoms with Crippen molar-refractivity contribution in [3.63, 3.8) is 0 Å². The maximum atomic E-state index is 10.6. The number of rotatable bonds is 6. The molecule has 0 aromatic heterocycles. The van der Waals surface area contributed by atoms with Gasteiger partial charge in [0.1, 0.15) is 0 Å². The van der Waals surface area contributed by atoms with E-state index in [-0.39, 0.29) is 4.92 Å². The first-order chi connectivity index (χ1) is 5.90. The lowest BCUT2D eigenvalue weighted by molar-refractivity contribution is -0.560. The van der Waals surface area contributed by atoms with E-state index < -0.39 is 5.54 Å². The monoisotopic (exact) mass is 190 g/mol. The largest absolute Gasteiger partial charge is 0.383 e. The third-order valence-electron chi connectivity index (χ3n) is 1.83. The van der Waals surface area contributed by atoms with E-state index in [2.05, 4.69) is 0 Å². The van der Waals surface area contributed by atoms with Crippen LogP contribution in [0.4, 0.5) is 0 Å². The number of nitrogens with zero attached hydrogens (tertiary/aromatic N) is 2. The van der Waals surface area contributed by atoms with Crippen molar-refractivity contribution in [2.24, 2.45) is 0 Å². The molecule has 0 radical (unpaired) electrons. The van der Waals surface area contributed by atoms with Crippen molar-refractivity contribution >= 4 is 0 Å². The topological polar surface area (TPSA) is 55.6 Å². The zero-order valence-corrected chi connectivity index (χ0v) is 8.74. The van der Waals surface area contributed by atoms with Gasteiger partial charge in [-0.2, -0.15) is 0 Å². The van der Waals surface area contributed by atoms with E-state index in [1.165, 1.54) is 0 Å². The van der Waals surface area contributed by atoms with Crippen molar-refractivity contribution in [3.05, 3.63) is 10.1 Å². The minimum atomic E-state index is -0.886. The highest BCUT2D eigenvalue weighted by Crippen LogP contribution is 2.08. The summed E-state index contributed by atoms with van der Waals surface area (Å²) in [6, 6.07) is 0. The molecule has 78 valence electrons. The van der Waals surface area contributed by atoms with Crippen molar-refractivity contribution in [1.82, 2.24) is 4.90 Å². The fourth-order valence-electron chi connectivity index (χ4n) is 1.04. The van der Waals surface area contributed by atoms with Crippen LogP contribution in [-0.4, -0.2) is 49.2 Å². The highest BCUT2D eigenvalue weighted by Gasteiger charge is 2.31. The Morgan fingerprint density at radius 2 is 2.08 bits per heavy atom. The van der Waals surface area contributed by atoms with Crippen molar-refractivity contribution in [2.45, 2.75) is 19.4 Å². The number of likely N-dealkylation sites (N-methyl/N-ethyl adjacent to an activating group) is 1. The first-order valence-electron chi connectivity index (χ1n) is 4.22. The second kappa shape index (κ2) is 5.14. The number of hydrogen-bond acceptors (Lipinski definition) is 4. The zero-order valence-electron chi connectivity index (χ0n) is 8.74. The molecule has 0 aromatic rings. The molecule has 0 aromatic carbocycles. The molecule has 0 aliphatic heterocycles. The molecule has 0 aliphatic carbocycles. The van der Waals surface area contributed by atoms with Gasteiger partial charge in [-0.05, 0) is 7.05 Å². The lowest BCUT2D eigenvalue weighted by atomic mass is 10.1. The maximum Gasteiger partial charge on any atom is 0.229 e. The van der Waals surface area contributed by atoms with Gasteiger partial charge in [0, 0.05) is 32.4 Å². The van der Waals surface area contributed by atoms with Gasteiger partial charge < -0.3 is 4.74 Å². The fraction of sp³-hybridized carbons (Fsp3) is 1.00. The molecule has 0 N–H and O–H groups in total. The summed E-state index contributed by atoms with van der Waals surface area (Å²) in [5.74, 6) is 0. The van der Waals surface area contributed by atoms with Crippen LogP contribution in [-0.2, 0) is 4.74 Å². The summed E-state index contributed by atoms with van der Waals surface area (Å²) in [4.78, 5) is 12.2.